The van der Waals surface area contributed by atoms with Crippen molar-refractivity contribution in [2.45, 2.75) is 64.1 Å². The molecule has 0 aromatic heterocycles. The van der Waals surface area contributed by atoms with Crippen molar-refractivity contribution in [2.24, 2.45) is 5.92 Å². The van der Waals surface area contributed by atoms with Gasteiger partial charge in [-0.3, -0.25) is 4.79 Å². The van der Waals surface area contributed by atoms with Crippen molar-refractivity contribution in [3.8, 4) is 0 Å². The second kappa shape index (κ2) is 11.5. The molecule has 140 valence electrons. The Kier molecular flexibility index (Phi) is 10.1. The van der Waals surface area contributed by atoms with Crippen molar-refractivity contribution in [3.05, 3.63) is 12.2 Å². The van der Waals surface area contributed by atoms with E-state index in [9.17, 15) is 15.0 Å². The number of hydrogen-bond acceptors (Lipinski definition) is 6. The summed E-state index contributed by atoms with van der Waals surface area (Å²) in [6, 6.07) is 0. The number of unbranched alkanes of at least 4 members (excludes halogenated alkanes) is 1. The van der Waals surface area contributed by atoms with Crippen LogP contribution in [0, 0.1) is 5.92 Å². The van der Waals surface area contributed by atoms with Crippen molar-refractivity contribution in [1.82, 2.24) is 5.32 Å². The van der Waals surface area contributed by atoms with Gasteiger partial charge in [-0.1, -0.05) is 26.0 Å². The number of aliphatic hydroxyl groups excluding tert-OH is 3. The molecule has 1 heterocycles. The summed E-state index contributed by atoms with van der Waals surface area (Å²) in [5, 5.41) is 31.2. The van der Waals surface area contributed by atoms with Crippen molar-refractivity contribution >= 4 is 5.91 Å². The first kappa shape index (κ1) is 21.1. The maximum atomic E-state index is 11.6. The Morgan fingerprint density at radius 1 is 1.38 bits per heavy atom. The predicted octanol–water partition coefficient (Wildman–Crippen LogP) is 0.331. The fraction of sp³-hybridized carbons (Fsp3) is 0.824. The normalized spacial score (nSPS) is 27.8. The minimum atomic E-state index is -1.09. The molecule has 1 amide bonds. The van der Waals surface area contributed by atoms with Gasteiger partial charge in [0.15, 0.2) is 6.29 Å². The number of carbonyl (C=O) groups is 1. The van der Waals surface area contributed by atoms with Crippen LogP contribution in [0.5, 0.6) is 0 Å². The quantitative estimate of drug-likeness (QED) is 0.336. The highest BCUT2D eigenvalue weighted by Gasteiger charge is 2.36. The maximum absolute atomic E-state index is 11.6. The number of rotatable bonds is 10. The molecule has 0 spiro atoms. The van der Waals surface area contributed by atoms with E-state index in [1.807, 2.05) is 12.2 Å². The number of amides is 1. The Bertz CT molecular complexity index is 387. The molecule has 0 aromatic rings. The van der Waals surface area contributed by atoms with Crippen LogP contribution in [0.15, 0.2) is 12.2 Å². The molecular formula is C17H31NO6. The van der Waals surface area contributed by atoms with E-state index < -0.39 is 24.6 Å². The molecular weight excluding hydrogens is 314 g/mol. The molecule has 0 aliphatic carbocycles. The number of ether oxygens (including phenoxy) is 2. The minimum Gasteiger partial charge on any atom is -0.394 e. The zero-order valence-corrected chi connectivity index (χ0v) is 14.6. The summed E-state index contributed by atoms with van der Waals surface area (Å²) in [5.41, 5.74) is 0. The summed E-state index contributed by atoms with van der Waals surface area (Å²) in [5.74, 6) is 0.488. The van der Waals surface area contributed by atoms with Gasteiger partial charge in [-0.25, -0.2) is 0 Å². The lowest BCUT2D eigenvalue weighted by Gasteiger charge is -2.36. The van der Waals surface area contributed by atoms with Gasteiger partial charge in [0, 0.05) is 26.0 Å². The molecule has 4 atom stereocenters. The molecule has 0 radical (unpaired) electrons. The topological polar surface area (TPSA) is 108 Å². The van der Waals surface area contributed by atoms with E-state index in [0.29, 0.717) is 38.3 Å². The zero-order chi connectivity index (χ0) is 17.9. The molecule has 0 saturated carbocycles. The molecule has 0 unspecified atom stereocenters. The standard InChI is InChI=1S/C17H31NO6/c1-12(2)6-5-8-18-15(21)7-3-4-9-23-16-10-13(20)17(22)14(11-19)24-16/h5-6,12-14,16-17,19-20,22H,3-4,7-11H2,1-2H3,(H,18,21)/b6-5+/t13-,14-,16-,17-/m1/s1. The van der Waals surface area contributed by atoms with Gasteiger partial charge in [0.2, 0.25) is 5.91 Å². The number of carbonyl (C=O) groups excluding carboxylic acids is 1. The second-order valence-corrected chi connectivity index (χ2v) is 6.38. The molecule has 7 nitrogen and oxygen atoms in total. The third kappa shape index (κ3) is 8.21. The minimum absolute atomic E-state index is 0.0104. The summed E-state index contributed by atoms with van der Waals surface area (Å²) in [4.78, 5) is 11.6. The maximum Gasteiger partial charge on any atom is 0.220 e. The first-order chi connectivity index (χ1) is 11.4. The predicted molar refractivity (Wildman–Crippen MR) is 89.2 cm³/mol. The van der Waals surface area contributed by atoms with Crippen LogP contribution in [-0.4, -0.2) is 65.6 Å². The van der Waals surface area contributed by atoms with Gasteiger partial charge in [0.1, 0.15) is 12.2 Å². The van der Waals surface area contributed by atoms with E-state index in [1.54, 1.807) is 0 Å². The van der Waals surface area contributed by atoms with Crippen molar-refractivity contribution in [2.75, 3.05) is 19.8 Å². The fourth-order valence-electron chi connectivity index (χ4n) is 2.38. The molecule has 0 bridgehead atoms. The Morgan fingerprint density at radius 3 is 2.79 bits per heavy atom. The van der Waals surface area contributed by atoms with Gasteiger partial charge in [0.25, 0.3) is 0 Å². The van der Waals surface area contributed by atoms with E-state index >= 15 is 0 Å². The largest absolute Gasteiger partial charge is 0.394 e. The smallest absolute Gasteiger partial charge is 0.220 e. The van der Waals surface area contributed by atoms with Crippen LogP contribution >= 0.6 is 0 Å². The lowest BCUT2D eigenvalue weighted by molar-refractivity contribution is -0.256. The van der Waals surface area contributed by atoms with Crippen LogP contribution in [0.2, 0.25) is 0 Å². The second-order valence-electron chi connectivity index (χ2n) is 6.38. The highest BCUT2D eigenvalue weighted by atomic mass is 16.7. The highest BCUT2D eigenvalue weighted by Crippen LogP contribution is 2.21. The van der Waals surface area contributed by atoms with Crippen LogP contribution in [0.4, 0.5) is 0 Å². The summed E-state index contributed by atoms with van der Waals surface area (Å²) in [6.07, 6.45) is 2.45. The van der Waals surface area contributed by atoms with Crippen LogP contribution in [0.1, 0.15) is 39.5 Å². The van der Waals surface area contributed by atoms with Crippen molar-refractivity contribution < 1.29 is 29.6 Å². The Balaban J connectivity index is 2.08. The molecule has 24 heavy (non-hydrogen) atoms. The van der Waals surface area contributed by atoms with E-state index in [0.717, 1.165) is 0 Å². The van der Waals surface area contributed by atoms with Gasteiger partial charge in [-0.05, 0) is 18.8 Å². The van der Waals surface area contributed by atoms with Crippen molar-refractivity contribution in [1.29, 1.82) is 0 Å². The van der Waals surface area contributed by atoms with E-state index in [2.05, 4.69) is 19.2 Å². The molecule has 1 fully saturated rings. The van der Waals surface area contributed by atoms with Gasteiger partial charge in [-0.15, -0.1) is 0 Å². The third-order valence-corrected chi connectivity index (χ3v) is 3.76. The van der Waals surface area contributed by atoms with Crippen LogP contribution in [-0.2, 0) is 14.3 Å². The number of nitrogens with one attached hydrogen (secondary N) is 1. The van der Waals surface area contributed by atoms with Crippen LogP contribution in [0.3, 0.4) is 0 Å². The van der Waals surface area contributed by atoms with E-state index in [-0.39, 0.29) is 18.9 Å². The van der Waals surface area contributed by atoms with Crippen molar-refractivity contribution in [3.63, 3.8) is 0 Å². The van der Waals surface area contributed by atoms with Gasteiger partial charge >= 0.3 is 0 Å². The monoisotopic (exact) mass is 345 g/mol. The molecule has 1 aliphatic heterocycles. The first-order valence-corrected chi connectivity index (χ1v) is 8.61. The molecule has 4 N–H and O–H groups in total. The average molecular weight is 345 g/mol. The SMILES string of the molecule is CC(C)/C=C/CNC(=O)CCCCO[C@H]1C[C@@H](O)[C@@H](O)[C@@H](CO)O1. The number of allylic oxidation sites excluding steroid dienone is 1. The van der Waals surface area contributed by atoms with Gasteiger partial charge in [0.05, 0.1) is 12.7 Å². The van der Waals surface area contributed by atoms with E-state index in [4.69, 9.17) is 14.6 Å². The summed E-state index contributed by atoms with van der Waals surface area (Å²) in [7, 11) is 0. The van der Waals surface area contributed by atoms with Gasteiger partial charge in [-0.2, -0.15) is 0 Å². The summed E-state index contributed by atoms with van der Waals surface area (Å²) < 4.78 is 10.9. The fourth-order valence-corrected chi connectivity index (χ4v) is 2.38. The molecule has 1 saturated heterocycles. The number of aliphatic hydroxyl groups is 3. The highest BCUT2D eigenvalue weighted by molar-refractivity contribution is 5.75. The average Bonchev–Trinajstić information content (AvgIpc) is 2.54. The van der Waals surface area contributed by atoms with E-state index in [1.165, 1.54) is 0 Å². The molecule has 7 heteroatoms. The Hall–Kier alpha value is -0.990. The summed E-state index contributed by atoms with van der Waals surface area (Å²) in [6.45, 7) is 4.73. The Labute approximate surface area is 143 Å². The Morgan fingerprint density at radius 2 is 2.12 bits per heavy atom. The van der Waals surface area contributed by atoms with Crippen LogP contribution < -0.4 is 5.32 Å². The lowest BCUT2D eigenvalue weighted by atomic mass is 10.0. The number of hydrogen-bond donors (Lipinski definition) is 4. The molecule has 1 aliphatic rings. The third-order valence-electron chi connectivity index (χ3n) is 3.76. The zero-order valence-electron chi connectivity index (χ0n) is 14.6. The molecule has 1 rings (SSSR count). The first-order valence-electron chi connectivity index (χ1n) is 8.61. The lowest BCUT2D eigenvalue weighted by Crippen LogP contribution is -2.50. The van der Waals surface area contributed by atoms with Crippen LogP contribution in [0.25, 0.3) is 0 Å². The summed E-state index contributed by atoms with van der Waals surface area (Å²) >= 11 is 0. The molecule has 0 aromatic carbocycles. The van der Waals surface area contributed by atoms with Gasteiger partial charge < -0.3 is 30.1 Å².